The minimum atomic E-state index is -0.433. The molecule has 7 nitrogen and oxygen atoms in total. The van der Waals surface area contributed by atoms with E-state index < -0.39 is 5.25 Å². The van der Waals surface area contributed by atoms with E-state index in [1.54, 1.807) is 20.6 Å². The van der Waals surface area contributed by atoms with Crippen molar-refractivity contribution >= 4 is 56.2 Å². The first-order valence-corrected chi connectivity index (χ1v) is 12.5. The van der Waals surface area contributed by atoms with Gasteiger partial charge in [-0.2, -0.15) is 5.10 Å². The number of anilines is 1. The lowest BCUT2D eigenvalue weighted by atomic mass is 10.2. The molecule has 0 aliphatic rings. The molecule has 1 N–H and O–H groups in total. The SMILES string of the molecule is CCn1c(SC(C)C(=O)Nc2c(C)nn(C)c2C)nc2scc(-c3cccs3)c2c1=O. The highest BCUT2D eigenvalue weighted by molar-refractivity contribution is 8.00. The van der Waals surface area contributed by atoms with Crippen molar-refractivity contribution in [2.75, 3.05) is 5.32 Å². The molecule has 0 aliphatic carbocycles. The summed E-state index contributed by atoms with van der Waals surface area (Å²) < 4.78 is 3.40. The predicted octanol–water partition coefficient (Wildman–Crippen LogP) is 4.68. The maximum atomic E-state index is 13.3. The highest BCUT2D eigenvalue weighted by Gasteiger charge is 2.23. The summed E-state index contributed by atoms with van der Waals surface area (Å²) in [4.78, 5) is 32.7. The standard InChI is InChI=1S/C21H23N5O2S3/c1-6-26-20(28)16-14(15-8-7-9-29-15)10-30-19(16)23-21(26)31-13(4)18(27)22-17-11(2)24-25(5)12(17)3/h7-10,13H,6H2,1-5H3,(H,22,27). The number of hydrogen-bond acceptors (Lipinski definition) is 7. The number of rotatable bonds is 6. The molecule has 4 aromatic heterocycles. The molecule has 10 heteroatoms. The highest BCUT2D eigenvalue weighted by Crippen LogP contribution is 2.35. The summed E-state index contributed by atoms with van der Waals surface area (Å²) in [6, 6.07) is 3.99. The van der Waals surface area contributed by atoms with E-state index in [2.05, 4.69) is 10.4 Å². The molecule has 0 spiro atoms. The monoisotopic (exact) mass is 473 g/mol. The van der Waals surface area contributed by atoms with Crippen LogP contribution in [0.2, 0.25) is 0 Å². The quantitative estimate of drug-likeness (QED) is 0.325. The number of carbonyl (C=O) groups excluding carboxylic acids is 1. The van der Waals surface area contributed by atoms with Crippen LogP contribution in [0.4, 0.5) is 5.69 Å². The number of thiophene rings is 2. The van der Waals surface area contributed by atoms with E-state index in [0.29, 0.717) is 21.9 Å². The Balaban J connectivity index is 1.65. The van der Waals surface area contributed by atoms with Crippen molar-refractivity contribution in [3.63, 3.8) is 0 Å². The Morgan fingerprint density at radius 3 is 2.71 bits per heavy atom. The summed E-state index contributed by atoms with van der Waals surface area (Å²) in [7, 11) is 1.85. The zero-order valence-electron chi connectivity index (χ0n) is 17.9. The van der Waals surface area contributed by atoms with Gasteiger partial charge in [-0.25, -0.2) is 4.98 Å². The lowest BCUT2D eigenvalue weighted by Crippen LogP contribution is -2.26. The number of hydrogen-bond donors (Lipinski definition) is 1. The molecule has 0 saturated carbocycles. The van der Waals surface area contributed by atoms with E-state index in [4.69, 9.17) is 4.98 Å². The molecule has 0 bridgehead atoms. The third-order valence-corrected chi connectivity index (χ3v) is 8.04. The summed E-state index contributed by atoms with van der Waals surface area (Å²) in [5.41, 5.74) is 3.27. The summed E-state index contributed by atoms with van der Waals surface area (Å²) in [6.07, 6.45) is 0. The Hall–Kier alpha value is -2.43. The highest BCUT2D eigenvalue weighted by atomic mass is 32.2. The molecule has 0 radical (unpaired) electrons. The minimum absolute atomic E-state index is 0.0637. The molecule has 4 heterocycles. The van der Waals surface area contributed by atoms with Crippen LogP contribution >= 0.6 is 34.4 Å². The topological polar surface area (TPSA) is 81.8 Å². The third kappa shape index (κ3) is 3.95. The molecule has 0 fully saturated rings. The lowest BCUT2D eigenvalue weighted by Gasteiger charge is -2.15. The van der Waals surface area contributed by atoms with Gasteiger partial charge in [-0.1, -0.05) is 17.8 Å². The van der Waals surface area contributed by atoms with Gasteiger partial charge in [0.05, 0.1) is 27.7 Å². The second kappa shape index (κ2) is 8.60. The Bertz CT molecular complexity index is 1320. The van der Waals surface area contributed by atoms with Crippen LogP contribution in [0.5, 0.6) is 0 Å². The molecule has 31 heavy (non-hydrogen) atoms. The molecule has 1 unspecified atom stereocenters. The van der Waals surface area contributed by atoms with Crippen molar-refractivity contribution < 1.29 is 4.79 Å². The second-order valence-corrected chi connectivity index (χ2v) is 10.3. The summed E-state index contributed by atoms with van der Waals surface area (Å²) in [5, 5.41) is 12.1. The van der Waals surface area contributed by atoms with Crippen molar-refractivity contribution in [1.29, 1.82) is 0 Å². The summed E-state index contributed by atoms with van der Waals surface area (Å²) in [5.74, 6) is -0.147. The Morgan fingerprint density at radius 2 is 2.10 bits per heavy atom. The van der Waals surface area contributed by atoms with Gasteiger partial charge in [-0.15, -0.1) is 22.7 Å². The number of nitrogens with one attached hydrogen (secondary N) is 1. The first kappa shape index (κ1) is 21.8. The lowest BCUT2D eigenvalue weighted by molar-refractivity contribution is -0.115. The average molecular weight is 474 g/mol. The van der Waals surface area contributed by atoms with E-state index in [9.17, 15) is 9.59 Å². The number of carbonyl (C=O) groups is 1. The largest absolute Gasteiger partial charge is 0.322 e. The van der Waals surface area contributed by atoms with E-state index in [1.165, 1.54) is 23.1 Å². The Kier molecular flexibility index (Phi) is 6.05. The molecule has 4 aromatic rings. The van der Waals surface area contributed by atoms with Crippen molar-refractivity contribution in [3.05, 3.63) is 44.6 Å². The van der Waals surface area contributed by atoms with E-state index in [1.807, 2.05) is 57.6 Å². The van der Waals surface area contributed by atoms with Crippen molar-refractivity contribution in [1.82, 2.24) is 19.3 Å². The van der Waals surface area contributed by atoms with Crippen LogP contribution in [0.1, 0.15) is 25.2 Å². The Morgan fingerprint density at radius 1 is 1.32 bits per heavy atom. The van der Waals surface area contributed by atoms with Gasteiger partial charge in [0.25, 0.3) is 5.56 Å². The molecule has 162 valence electrons. The maximum absolute atomic E-state index is 13.3. The van der Waals surface area contributed by atoms with Crippen LogP contribution in [0.3, 0.4) is 0 Å². The van der Waals surface area contributed by atoms with Gasteiger partial charge >= 0.3 is 0 Å². The van der Waals surface area contributed by atoms with E-state index >= 15 is 0 Å². The normalized spacial score (nSPS) is 12.4. The van der Waals surface area contributed by atoms with Crippen LogP contribution in [-0.4, -0.2) is 30.5 Å². The van der Waals surface area contributed by atoms with Gasteiger partial charge in [-0.05, 0) is 39.1 Å². The fourth-order valence-electron chi connectivity index (χ4n) is 3.38. The van der Waals surface area contributed by atoms with Gasteiger partial charge in [0.15, 0.2) is 5.16 Å². The smallest absolute Gasteiger partial charge is 0.263 e. The first-order valence-electron chi connectivity index (χ1n) is 9.85. The van der Waals surface area contributed by atoms with Crippen LogP contribution in [-0.2, 0) is 18.4 Å². The molecule has 0 aliphatic heterocycles. The summed E-state index contributed by atoms with van der Waals surface area (Å²) in [6.45, 7) is 8.01. The zero-order valence-corrected chi connectivity index (χ0v) is 20.4. The van der Waals surface area contributed by atoms with Gasteiger partial charge in [0.1, 0.15) is 4.83 Å². The molecule has 1 amide bonds. The first-order chi connectivity index (χ1) is 14.8. The Labute approximate surface area is 192 Å². The molecule has 0 saturated heterocycles. The number of fused-ring (bicyclic) bond motifs is 1. The van der Waals surface area contributed by atoms with Crippen LogP contribution < -0.4 is 10.9 Å². The minimum Gasteiger partial charge on any atom is -0.322 e. The number of aromatic nitrogens is 4. The van der Waals surface area contributed by atoms with Crippen molar-refractivity contribution in [2.45, 2.75) is 44.6 Å². The fraction of sp³-hybridized carbons (Fsp3) is 0.333. The number of nitrogens with zero attached hydrogens (tertiary/aromatic N) is 4. The molecular formula is C21H23N5O2S3. The van der Waals surface area contributed by atoms with E-state index in [-0.39, 0.29) is 11.5 Å². The van der Waals surface area contributed by atoms with Gasteiger partial charge < -0.3 is 5.32 Å². The average Bonchev–Trinajstić information content (AvgIpc) is 3.45. The molecule has 4 rings (SSSR count). The van der Waals surface area contributed by atoms with Crippen LogP contribution in [0.25, 0.3) is 20.7 Å². The predicted molar refractivity (Wildman–Crippen MR) is 129 cm³/mol. The summed E-state index contributed by atoms with van der Waals surface area (Å²) >= 11 is 4.37. The molecule has 0 aromatic carbocycles. The van der Waals surface area contributed by atoms with Crippen LogP contribution in [0.15, 0.2) is 32.8 Å². The number of thioether (sulfide) groups is 1. The zero-order chi connectivity index (χ0) is 22.3. The fourth-order valence-corrected chi connectivity index (χ4v) is 6.15. The van der Waals surface area contributed by atoms with Crippen molar-refractivity contribution in [3.8, 4) is 10.4 Å². The van der Waals surface area contributed by atoms with E-state index in [0.717, 1.165) is 27.5 Å². The van der Waals surface area contributed by atoms with Gasteiger partial charge in [0.2, 0.25) is 5.91 Å². The number of amides is 1. The second-order valence-electron chi connectivity index (χ2n) is 7.17. The van der Waals surface area contributed by atoms with Gasteiger partial charge in [0, 0.05) is 29.4 Å². The molecule has 1 atom stereocenters. The molecular weight excluding hydrogens is 450 g/mol. The van der Waals surface area contributed by atoms with Crippen molar-refractivity contribution in [2.24, 2.45) is 7.05 Å². The van der Waals surface area contributed by atoms with Crippen LogP contribution in [0, 0.1) is 13.8 Å². The maximum Gasteiger partial charge on any atom is 0.263 e. The third-order valence-electron chi connectivity index (χ3n) is 5.17. The number of aryl methyl sites for hydroxylation is 2. The van der Waals surface area contributed by atoms with Gasteiger partial charge in [-0.3, -0.25) is 18.8 Å².